The van der Waals surface area contributed by atoms with E-state index in [9.17, 15) is 10.2 Å². The number of nitrogens with one attached hydrogen (secondary N) is 1. The normalized spacial score (nSPS) is 26.1. The topological polar surface area (TPSA) is 59.0 Å². The van der Waals surface area contributed by atoms with E-state index in [-0.39, 0.29) is 0 Å². The summed E-state index contributed by atoms with van der Waals surface area (Å²) >= 11 is 0. The molecule has 0 aliphatic carbocycles. The first-order chi connectivity index (χ1) is 14.6. The number of aromatic hydroxyl groups is 2. The predicted molar refractivity (Wildman–Crippen MR) is 119 cm³/mol. The van der Waals surface area contributed by atoms with Crippen LogP contribution >= 0.6 is 0 Å². The number of hydrogen-bond donors (Lipinski definition) is 3. The van der Waals surface area contributed by atoms with Crippen molar-refractivity contribution in [3.05, 3.63) is 59.7 Å². The summed E-state index contributed by atoms with van der Waals surface area (Å²) in [7, 11) is 0. The van der Waals surface area contributed by atoms with Gasteiger partial charge in [0.1, 0.15) is 18.0 Å². The molecule has 30 heavy (non-hydrogen) atoms. The second-order valence-corrected chi connectivity index (χ2v) is 8.80. The van der Waals surface area contributed by atoms with E-state index in [0.717, 1.165) is 94.1 Å². The zero-order valence-corrected chi connectivity index (χ0v) is 17.8. The molecule has 4 rings (SSSR count). The number of phenols is 2. The first-order valence-corrected chi connectivity index (χ1v) is 11.2. The lowest BCUT2D eigenvalue weighted by atomic mass is 10.1. The van der Waals surface area contributed by atoms with E-state index < -0.39 is 0 Å². The average Bonchev–Trinajstić information content (AvgIpc) is 2.89. The third kappa shape index (κ3) is 5.32. The minimum absolute atomic E-state index is 0.384. The molecule has 6 nitrogen and oxygen atoms in total. The third-order valence-electron chi connectivity index (χ3n) is 6.76. The maximum atomic E-state index is 10.4. The minimum atomic E-state index is 0.384. The Bertz CT molecular complexity index is 830. The monoisotopic (exact) mass is 411 g/mol. The lowest BCUT2D eigenvalue weighted by molar-refractivity contribution is -0.938. The third-order valence-corrected chi connectivity index (χ3v) is 6.76. The van der Waals surface area contributed by atoms with Crippen LogP contribution in [0.15, 0.2) is 48.5 Å². The highest BCUT2D eigenvalue weighted by atomic mass is 16.3. The highest BCUT2D eigenvalue weighted by Crippen LogP contribution is 2.24. The zero-order chi connectivity index (χ0) is 20.8. The number of nitrogens with zero attached hydrogens (tertiary/aromatic N) is 3. The van der Waals surface area contributed by atoms with E-state index in [2.05, 4.69) is 21.2 Å². The van der Waals surface area contributed by atoms with Crippen molar-refractivity contribution >= 4 is 0 Å². The number of phenolic OH excluding ortho intramolecular Hbond substituents is 2. The van der Waals surface area contributed by atoms with Crippen molar-refractivity contribution < 1.29 is 14.7 Å². The first-order valence-electron chi connectivity index (χ1n) is 11.2. The largest absolute Gasteiger partial charge is 0.508 e. The van der Waals surface area contributed by atoms with Gasteiger partial charge in [-0.05, 0) is 18.2 Å². The summed E-state index contributed by atoms with van der Waals surface area (Å²) < 4.78 is 0.971. The molecule has 0 amide bonds. The van der Waals surface area contributed by atoms with Crippen molar-refractivity contribution in [2.75, 3.05) is 65.4 Å². The molecule has 2 aliphatic heterocycles. The van der Waals surface area contributed by atoms with Crippen LogP contribution in [0.25, 0.3) is 0 Å². The zero-order valence-electron chi connectivity index (χ0n) is 17.8. The van der Waals surface area contributed by atoms with Crippen LogP contribution in [0.1, 0.15) is 11.1 Å². The quantitative estimate of drug-likeness (QED) is 0.671. The van der Waals surface area contributed by atoms with Gasteiger partial charge in [0.25, 0.3) is 0 Å². The van der Waals surface area contributed by atoms with Crippen molar-refractivity contribution in [2.24, 2.45) is 0 Å². The average molecular weight is 412 g/mol. The Morgan fingerprint density at radius 1 is 0.733 bits per heavy atom. The minimum Gasteiger partial charge on any atom is -0.508 e. The van der Waals surface area contributed by atoms with E-state index in [1.54, 1.807) is 12.1 Å². The van der Waals surface area contributed by atoms with Crippen molar-refractivity contribution in [1.29, 1.82) is 0 Å². The molecule has 0 spiro atoms. The van der Waals surface area contributed by atoms with E-state index in [1.807, 2.05) is 30.3 Å². The van der Waals surface area contributed by atoms with E-state index in [1.165, 1.54) is 0 Å². The van der Waals surface area contributed by atoms with Gasteiger partial charge in [-0.1, -0.05) is 30.3 Å². The number of rotatable bonds is 4. The lowest BCUT2D eigenvalue weighted by Gasteiger charge is -2.40. The van der Waals surface area contributed by atoms with Crippen LogP contribution in [0.4, 0.5) is 0 Å². The van der Waals surface area contributed by atoms with Crippen LogP contribution < -0.4 is 5.32 Å². The van der Waals surface area contributed by atoms with Crippen LogP contribution in [0.3, 0.4) is 0 Å². The molecule has 2 bridgehead atoms. The molecule has 2 unspecified atom stereocenters. The number of hydrogen-bond acceptors (Lipinski definition) is 5. The van der Waals surface area contributed by atoms with Crippen LogP contribution in [0, 0.1) is 0 Å². The fraction of sp³-hybridized carbons (Fsp3) is 0.500. The van der Waals surface area contributed by atoms with Crippen molar-refractivity contribution in [2.45, 2.75) is 13.1 Å². The number of benzene rings is 2. The van der Waals surface area contributed by atoms with Crippen LogP contribution in [-0.4, -0.2) is 89.9 Å². The molecule has 162 valence electrons. The molecular weight excluding hydrogens is 376 g/mol. The maximum absolute atomic E-state index is 10.4. The Labute approximate surface area is 179 Å². The summed E-state index contributed by atoms with van der Waals surface area (Å²) in [5.74, 6) is 0.787. The van der Waals surface area contributed by atoms with Gasteiger partial charge < -0.3 is 20.0 Å². The standard InChI is InChI=1S/C24H34N4O2/c29-23-7-3-1-5-21(23)19-27-13-12-26-11-9-25-10-16-28(17-14-26,18-15-27)20-22-6-2-4-8-24(22)30/h1-8,25H,9-20H2,(H-,29,30)/p+1. The molecule has 2 aromatic rings. The number of fused-ring (bicyclic) bond motifs is 3. The molecule has 0 saturated carbocycles. The second kappa shape index (κ2) is 9.79. The Morgan fingerprint density at radius 3 is 2.20 bits per heavy atom. The molecule has 2 fully saturated rings. The van der Waals surface area contributed by atoms with E-state index in [0.29, 0.717) is 11.5 Å². The van der Waals surface area contributed by atoms with Crippen molar-refractivity contribution in [3.8, 4) is 11.5 Å². The van der Waals surface area contributed by atoms with Gasteiger partial charge in [-0.2, -0.15) is 0 Å². The maximum Gasteiger partial charge on any atom is 0.124 e. The smallest absolute Gasteiger partial charge is 0.124 e. The highest BCUT2D eigenvalue weighted by molar-refractivity contribution is 5.32. The fourth-order valence-corrected chi connectivity index (χ4v) is 4.74. The summed E-state index contributed by atoms with van der Waals surface area (Å²) in [4.78, 5) is 5.06. The van der Waals surface area contributed by atoms with Crippen LogP contribution in [0.2, 0.25) is 0 Å². The Morgan fingerprint density at radius 2 is 1.43 bits per heavy atom. The Balaban J connectivity index is 1.57. The van der Waals surface area contributed by atoms with Gasteiger partial charge in [0, 0.05) is 63.5 Å². The van der Waals surface area contributed by atoms with Crippen molar-refractivity contribution in [3.63, 3.8) is 0 Å². The van der Waals surface area contributed by atoms with Crippen LogP contribution in [0.5, 0.6) is 11.5 Å². The second-order valence-electron chi connectivity index (χ2n) is 8.80. The van der Waals surface area contributed by atoms with Gasteiger partial charge in [0.15, 0.2) is 0 Å². The molecule has 2 aliphatic rings. The predicted octanol–water partition coefficient (Wildman–Crippen LogP) is 1.84. The van der Waals surface area contributed by atoms with Gasteiger partial charge in [-0.25, -0.2) is 0 Å². The van der Waals surface area contributed by atoms with Gasteiger partial charge in [-0.3, -0.25) is 9.80 Å². The molecular formula is C24H35N4O2+. The summed E-state index contributed by atoms with van der Waals surface area (Å²) in [6.45, 7) is 12.0. The fourth-order valence-electron chi connectivity index (χ4n) is 4.74. The first kappa shape index (κ1) is 21.1. The highest BCUT2D eigenvalue weighted by Gasteiger charge is 2.32. The Hall–Kier alpha value is -2.12. The summed E-state index contributed by atoms with van der Waals surface area (Å²) in [5.41, 5.74) is 2.03. The molecule has 3 N–H and O–H groups in total. The molecule has 2 heterocycles. The lowest BCUT2D eigenvalue weighted by Crippen LogP contribution is -2.55. The molecule has 0 radical (unpaired) electrons. The Kier molecular flexibility index (Phi) is 6.89. The summed E-state index contributed by atoms with van der Waals surface area (Å²) in [6.07, 6.45) is 0. The summed E-state index contributed by atoms with van der Waals surface area (Å²) in [6, 6.07) is 15.5. The van der Waals surface area contributed by atoms with Crippen LogP contribution in [-0.2, 0) is 13.1 Å². The van der Waals surface area contributed by atoms with E-state index >= 15 is 0 Å². The van der Waals surface area contributed by atoms with Gasteiger partial charge >= 0.3 is 0 Å². The van der Waals surface area contributed by atoms with Gasteiger partial charge in [0.05, 0.1) is 19.6 Å². The SMILES string of the molecule is Oc1ccccc1CN1CCN2CCNCC[N+](Cc3ccccc3O)(CC2)CC1. The molecule has 6 heteroatoms. The molecule has 0 aromatic heterocycles. The van der Waals surface area contributed by atoms with Gasteiger partial charge in [0.2, 0.25) is 0 Å². The number of quaternary nitrogens is 1. The molecule has 2 saturated heterocycles. The van der Waals surface area contributed by atoms with Crippen molar-refractivity contribution in [1.82, 2.24) is 15.1 Å². The van der Waals surface area contributed by atoms with Gasteiger partial charge in [-0.15, -0.1) is 0 Å². The molecule has 2 atom stereocenters. The summed E-state index contributed by atoms with van der Waals surface area (Å²) in [5, 5.41) is 24.3. The number of para-hydroxylation sites is 2. The van der Waals surface area contributed by atoms with E-state index in [4.69, 9.17) is 0 Å². The molecule has 2 aromatic carbocycles.